The van der Waals surface area contributed by atoms with Gasteiger partial charge in [-0.2, -0.15) is 0 Å². The van der Waals surface area contributed by atoms with Crippen molar-refractivity contribution >= 4 is 11.3 Å². The first-order valence-corrected chi connectivity index (χ1v) is 11.0. The standard InChI is InChI=1S/C23H26N2O4S/c26-12-10-25(11-13-27)16-20-15-24-23(30-20)28-19-7-9-22-18(14-19)6-8-21(29-22)17-4-2-1-3-5-17/h1-5,7,9,14-15,21,26-27H,6,8,10-13,16H2/t21-/m0/s1. The molecule has 0 amide bonds. The molecule has 0 saturated carbocycles. The van der Waals surface area contributed by atoms with Gasteiger partial charge in [-0.25, -0.2) is 4.98 Å². The normalized spacial score (nSPS) is 15.6. The zero-order chi connectivity index (χ0) is 20.8. The Balaban J connectivity index is 1.39. The van der Waals surface area contributed by atoms with Gasteiger partial charge in [-0.1, -0.05) is 41.7 Å². The van der Waals surface area contributed by atoms with Gasteiger partial charge in [0, 0.05) is 30.7 Å². The molecule has 7 heteroatoms. The smallest absolute Gasteiger partial charge is 0.278 e. The molecule has 2 N–H and O–H groups in total. The van der Waals surface area contributed by atoms with Crippen LogP contribution in [0.5, 0.6) is 16.7 Å². The van der Waals surface area contributed by atoms with Crippen LogP contribution in [0.2, 0.25) is 0 Å². The molecular formula is C23H26N2O4S. The number of benzene rings is 2. The van der Waals surface area contributed by atoms with E-state index in [1.807, 2.05) is 41.3 Å². The second kappa shape index (κ2) is 10.0. The van der Waals surface area contributed by atoms with Crippen molar-refractivity contribution in [2.75, 3.05) is 26.3 Å². The summed E-state index contributed by atoms with van der Waals surface area (Å²) in [6.45, 7) is 1.78. The summed E-state index contributed by atoms with van der Waals surface area (Å²) < 4.78 is 12.2. The number of nitrogens with zero attached hydrogens (tertiary/aromatic N) is 2. The lowest BCUT2D eigenvalue weighted by Gasteiger charge is -2.26. The summed E-state index contributed by atoms with van der Waals surface area (Å²) >= 11 is 1.47. The largest absolute Gasteiger partial charge is 0.485 e. The fourth-order valence-electron chi connectivity index (χ4n) is 3.61. The fraction of sp³-hybridized carbons (Fsp3) is 0.348. The van der Waals surface area contributed by atoms with Crippen molar-refractivity contribution in [1.29, 1.82) is 0 Å². The second-order valence-electron chi connectivity index (χ2n) is 7.24. The highest BCUT2D eigenvalue weighted by molar-refractivity contribution is 7.13. The average molecular weight is 427 g/mol. The quantitative estimate of drug-likeness (QED) is 0.542. The number of hydrogen-bond acceptors (Lipinski definition) is 7. The molecule has 2 aromatic carbocycles. The first kappa shape index (κ1) is 20.8. The summed E-state index contributed by atoms with van der Waals surface area (Å²) in [4.78, 5) is 7.37. The summed E-state index contributed by atoms with van der Waals surface area (Å²) in [5.74, 6) is 1.66. The van der Waals surface area contributed by atoms with E-state index in [1.165, 1.54) is 16.9 Å². The number of aliphatic hydroxyl groups is 2. The molecule has 4 rings (SSSR count). The minimum atomic E-state index is 0.0600. The molecule has 6 nitrogen and oxygen atoms in total. The molecule has 158 valence electrons. The second-order valence-corrected chi connectivity index (χ2v) is 8.32. The maximum absolute atomic E-state index is 9.15. The topological polar surface area (TPSA) is 75.1 Å². The van der Waals surface area contributed by atoms with Crippen molar-refractivity contribution in [3.05, 3.63) is 70.7 Å². The van der Waals surface area contributed by atoms with Gasteiger partial charge in [-0.05, 0) is 42.2 Å². The van der Waals surface area contributed by atoms with Gasteiger partial charge in [0.2, 0.25) is 0 Å². The Bertz CT molecular complexity index is 941. The van der Waals surface area contributed by atoms with Crippen molar-refractivity contribution < 1.29 is 19.7 Å². The first-order valence-electron chi connectivity index (χ1n) is 10.2. The van der Waals surface area contributed by atoms with Gasteiger partial charge < -0.3 is 19.7 Å². The summed E-state index contributed by atoms with van der Waals surface area (Å²) in [6.07, 6.45) is 3.75. The number of hydrogen-bond donors (Lipinski definition) is 2. The van der Waals surface area contributed by atoms with Crippen molar-refractivity contribution in [3.8, 4) is 16.7 Å². The van der Waals surface area contributed by atoms with Crippen LogP contribution in [0.3, 0.4) is 0 Å². The molecule has 3 aromatic rings. The Kier molecular flexibility index (Phi) is 6.96. The monoisotopic (exact) mass is 426 g/mol. The van der Waals surface area contributed by atoms with E-state index in [4.69, 9.17) is 19.7 Å². The molecule has 1 aliphatic heterocycles. The van der Waals surface area contributed by atoms with Gasteiger partial charge in [0.1, 0.15) is 17.6 Å². The molecule has 0 saturated heterocycles. The van der Waals surface area contributed by atoms with Crippen LogP contribution in [0.25, 0.3) is 0 Å². The number of thiazole rings is 1. The summed E-state index contributed by atoms with van der Waals surface area (Å²) in [7, 11) is 0. The number of aryl methyl sites for hydroxylation is 1. The zero-order valence-corrected chi connectivity index (χ0v) is 17.6. The Morgan fingerprint density at radius 2 is 1.90 bits per heavy atom. The minimum Gasteiger partial charge on any atom is -0.485 e. The fourth-order valence-corrected chi connectivity index (χ4v) is 4.43. The molecule has 30 heavy (non-hydrogen) atoms. The van der Waals surface area contributed by atoms with Crippen LogP contribution in [-0.2, 0) is 13.0 Å². The van der Waals surface area contributed by atoms with Crippen molar-refractivity contribution in [2.24, 2.45) is 0 Å². The SMILES string of the molecule is OCCN(CCO)Cc1cnc(Oc2ccc3c(c2)CC[C@@H](c2ccccc2)O3)s1. The summed E-state index contributed by atoms with van der Waals surface area (Å²) in [6, 6.07) is 16.2. The number of aliphatic hydroxyl groups excluding tert-OH is 2. The van der Waals surface area contributed by atoms with Gasteiger partial charge in [0.05, 0.1) is 13.2 Å². The van der Waals surface area contributed by atoms with E-state index in [2.05, 4.69) is 17.1 Å². The molecule has 0 spiro atoms. The maximum Gasteiger partial charge on any atom is 0.278 e. The highest BCUT2D eigenvalue weighted by Crippen LogP contribution is 2.38. The predicted molar refractivity (Wildman–Crippen MR) is 116 cm³/mol. The van der Waals surface area contributed by atoms with E-state index in [0.717, 1.165) is 34.8 Å². The van der Waals surface area contributed by atoms with Crippen LogP contribution in [-0.4, -0.2) is 46.4 Å². The molecular weight excluding hydrogens is 400 g/mol. The third kappa shape index (κ3) is 5.17. The van der Waals surface area contributed by atoms with Crippen molar-refractivity contribution in [1.82, 2.24) is 9.88 Å². The van der Waals surface area contributed by atoms with E-state index >= 15 is 0 Å². The van der Waals surface area contributed by atoms with Crippen LogP contribution >= 0.6 is 11.3 Å². The molecule has 0 radical (unpaired) electrons. The van der Waals surface area contributed by atoms with E-state index < -0.39 is 0 Å². The van der Waals surface area contributed by atoms with E-state index in [-0.39, 0.29) is 19.3 Å². The lowest BCUT2D eigenvalue weighted by atomic mass is 9.97. The molecule has 2 heterocycles. The first-order chi connectivity index (χ1) is 14.7. The van der Waals surface area contributed by atoms with E-state index in [1.54, 1.807) is 6.20 Å². The van der Waals surface area contributed by atoms with Gasteiger partial charge >= 0.3 is 0 Å². The molecule has 1 aliphatic rings. The Morgan fingerprint density at radius 3 is 2.67 bits per heavy atom. The van der Waals surface area contributed by atoms with Crippen LogP contribution in [0.1, 0.15) is 28.5 Å². The summed E-state index contributed by atoms with van der Waals surface area (Å²) in [5.41, 5.74) is 2.35. The number of aromatic nitrogens is 1. The predicted octanol–water partition coefficient (Wildman–Crippen LogP) is 3.79. The van der Waals surface area contributed by atoms with Gasteiger partial charge in [0.25, 0.3) is 5.19 Å². The lowest BCUT2D eigenvalue weighted by Crippen LogP contribution is -2.28. The molecule has 0 unspecified atom stereocenters. The molecule has 0 bridgehead atoms. The number of fused-ring (bicyclic) bond motifs is 1. The average Bonchev–Trinajstić information content (AvgIpc) is 3.21. The molecule has 1 atom stereocenters. The third-order valence-corrected chi connectivity index (χ3v) is 5.96. The molecule has 0 aliphatic carbocycles. The Labute approximate surface area is 180 Å². The van der Waals surface area contributed by atoms with Gasteiger partial charge in [-0.15, -0.1) is 0 Å². The van der Waals surface area contributed by atoms with Crippen LogP contribution in [0.15, 0.2) is 54.7 Å². The zero-order valence-electron chi connectivity index (χ0n) is 16.7. The van der Waals surface area contributed by atoms with Crippen molar-refractivity contribution in [3.63, 3.8) is 0 Å². The van der Waals surface area contributed by atoms with E-state index in [0.29, 0.717) is 24.8 Å². The number of ether oxygens (including phenoxy) is 2. The molecule has 1 aromatic heterocycles. The Morgan fingerprint density at radius 1 is 1.10 bits per heavy atom. The van der Waals surface area contributed by atoms with Gasteiger partial charge in [0.15, 0.2) is 0 Å². The van der Waals surface area contributed by atoms with Crippen LogP contribution in [0, 0.1) is 0 Å². The Hall–Kier alpha value is -2.45. The minimum absolute atomic E-state index is 0.0600. The van der Waals surface area contributed by atoms with Gasteiger partial charge in [-0.3, -0.25) is 4.90 Å². The van der Waals surface area contributed by atoms with E-state index in [9.17, 15) is 0 Å². The lowest BCUT2D eigenvalue weighted by molar-refractivity contribution is 0.156. The maximum atomic E-state index is 9.15. The highest BCUT2D eigenvalue weighted by Gasteiger charge is 2.22. The highest BCUT2D eigenvalue weighted by atomic mass is 32.1. The number of rotatable bonds is 9. The third-order valence-electron chi connectivity index (χ3n) is 5.10. The van der Waals surface area contributed by atoms with Crippen LogP contribution < -0.4 is 9.47 Å². The molecule has 0 fully saturated rings. The summed E-state index contributed by atoms with van der Waals surface area (Å²) in [5, 5.41) is 18.9. The van der Waals surface area contributed by atoms with Crippen molar-refractivity contribution in [2.45, 2.75) is 25.5 Å². The van der Waals surface area contributed by atoms with Crippen LogP contribution in [0.4, 0.5) is 0 Å².